The fourth-order valence-corrected chi connectivity index (χ4v) is 3.34. The third kappa shape index (κ3) is 8.96. The molecule has 2 heterocycles. The molecule has 0 aliphatic carbocycles. The van der Waals surface area contributed by atoms with Gasteiger partial charge in [0.25, 0.3) is 5.91 Å². The van der Waals surface area contributed by atoms with E-state index < -0.39 is 12.1 Å². The number of amides is 1. The number of nitrogens with zero attached hydrogens (tertiary/aromatic N) is 2. The minimum Gasteiger partial charge on any atom is -0.480 e. The van der Waals surface area contributed by atoms with Crippen LogP contribution in [0.2, 0.25) is 0 Å². The fourth-order valence-electron chi connectivity index (χ4n) is 3.34. The number of piperidine rings is 1. The lowest BCUT2D eigenvalue weighted by atomic mass is 9.96. The number of hydrogen-bond donors (Lipinski definition) is 2. The molecule has 1 aliphatic rings. The van der Waals surface area contributed by atoms with Gasteiger partial charge in [0.15, 0.2) is 5.78 Å². The van der Waals surface area contributed by atoms with Gasteiger partial charge in [-0.1, -0.05) is 0 Å². The molecular formula is C23H25F4N3O5. The van der Waals surface area contributed by atoms with Crippen LogP contribution in [0, 0.1) is 11.7 Å². The van der Waals surface area contributed by atoms with Crippen LogP contribution in [-0.4, -0.2) is 72.1 Å². The Kier molecular flexibility index (Phi) is 10.1. The Hall–Kier alpha value is -3.54. The number of aromatic nitrogens is 1. The number of hydrogen-bond acceptors (Lipinski definition) is 6. The van der Waals surface area contributed by atoms with Crippen LogP contribution >= 0.6 is 0 Å². The molecule has 1 saturated heterocycles. The summed E-state index contributed by atoms with van der Waals surface area (Å²) in [5.41, 5.74) is 0.952. The highest BCUT2D eigenvalue weighted by Crippen LogP contribution is 2.18. The van der Waals surface area contributed by atoms with E-state index in [1.807, 2.05) is 0 Å². The molecule has 190 valence electrons. The SMILES string of the molecule is COc1ncccc1C(=O)NCC1CCN(CC(=O)c2ccc(F)cc2)CC1.O=C(O)C(F)(F)F. The second-order valence-electron chi connectivity index (χ2n) is 7.72. The van der Waals surface area contributed by atoms with E-state index in [9.17, 15) is 27.2 Å². The zero-order valence-electron chi connectivity index (χ0n) is 18.8. The van der Waals surface area contributed by atoms with Crippen molar-refractivity contribution in [3.8, 4) is 5.88 Å². The van der Waals surface area contributed by atoms with Gasteiger partial charge in [-0.25, -0.2) is 14.2 Å². The van der Waals surface area contributed by atoms with Gasteiger partial charge in [-0.05, 0) is 68.2 Å². The lowest BCUT2D eigenvalue weighted by molar-refractivity contribution is -0.192. The Balaban J connectivity index is 0.000000540. The van der Waals surface area contributed by atoms with Crippen molar-refractivity contribution < 1.29 is 41.8 Å². The van der Waals surface area contributed by atoms with Crippen molar-refractivity contribution in [1.82, 2.24) is 15.2 Å². The third-order valence-electron chi connectivity index (χ3n) is 5.24. The van der Waals surface area contributed by atoms with Crippen LogP contribution in [0.4, 0.5) is 17.6 Å². The molecule has 1 fully saturated rings. The van der Waals surface area contributed by atoms with Crippen molar-refractivity contribution in [3.05, 3.63) is 59.5 Å². The van der Waals surface area contributed by atoms with Gasteiger partial charge in [-0.15, -0.1) is 0 Å². The van der Waals surface area contributed by atoms with Crippen molar-refractivity contribution in [3.63, 3.8) is 0 Å². The second-order valence-corrected chi connectivity index (χ2v) is 7.72. The van der Waals surface area contributed by atoms with Crippen LogP contribution in [0.3, 0.4) is 0 Å². The summed E-state index contributed by atoms with van der Waals surface area (Å²) < 4.78 is 49.8. The van der Waals surface area contributed by atoms with E-state index in [-0.39, 0.29) is 17.5 Å². The van der Waals surface area contributed by atoms with Gasteiger partial charge >= 0.3 is 12.1 Å². The molecule has 1 aromatic heterocycles. The molecule has 3 rings (SSSR count). The number of ether oxygens (including phenoxy) is 1. The van der Waals surface area contributed by atoms with Gasteiger partial charge in [0, 0.05) is 18.3 Å². The summed E-state index contributed by atoms with van der Waals surface area (Å²) in [5, 5.41) is 10.1. The second kappa shape index (κ2) is 12.8. The largest absolute Gasteiger partial charge is 0.490 e. The lowest BCUT2D eigenvalue weighted by Gasteiger charge is -2.31. The molecule has 2 N–H and O–H groups in total. The van der Waals surface area contributed by atoms with Gasteiger partial charge in [-0.2, -0.15) is 13.2 Å². The van der Waals surface area contributed by atoms with E-state index in [0.29, 0.717) is 36.0 Å². The smallest absolute Gasteiger partial charge is 0.480 e. The minimum atomic E-state index is -5.08. The van der Waals surface area contributed by atoms with Crippen molar-refractivity contribution in [2.45, 2.75) is 19.0 Å². The Morgan fingerprint density at radius 1 is 1.14 bits per heavy atom. The van der Waals surface area contributed by atoms with Crippen molar-refractivity contribution in [1.29, 1.82) is 0 Å². The van der Waals surface area contributed by atoms with E-state index in [2.05, 4.69) is 15.2 Å². The number of likely N-dealkylation sites (tertiary alicyclic amines) is 1. The van der Waals surface area contributed by atoms with Crippen LogP contribution in [0.1, 0.15) is 33.6 Å². The van der Waals surface area contributed by atoms with E-state index in [1.165, 1.54) is 31.4 Å². The topological polar surface area (TPSA) is 109 Å². The molecule has 12 heteroatoms. The average Bonchev–Trinajstić information content (AvgIpc) is 2.83. The number of methoxy groups -OCH3 is 1. The quantitative estimate of drug-likeness (QED) is 0.445. The van der Waals surface area contributed by atoms with Crippen LogP contribution in [-0.2, 0) is 4.79 Å². The first-order valence-electron chi connectivity index (χ1n) is 10.6. The highest BCUT2D eigenvalue weighted by atomic mass is 19.4. The predicted octanol–water partition coefficient (Wildman–Crippen LogP) is 3.19. The first-order chi connectivity index (χ1) is 16.5. The number of alkyl halides is 3. The van der Waals surface area contributed by atoms with E-state index >= 15 is 0 Å². The van der Waals surface area contributed by atoms with Crippen molar-refractivity contribution in [2.75, 3.05) is 33.3 Å². The monoisotopic (exact) mass is 499 g/mol. The molecule has 0 saturated carbocycles. The number of nitrogens with one attached hydrogen (secondary N) is 1. The van der Waals surface area contributed by atoms with Crippen LogP contribution in [0.5, 0.6) is 5.88 Å². The number of ketones is 1. The standard InChI is InChI=1S/C21H24FN3O3.C2HF3O2/c1-28-21-18(3-2-10-23-21)20(27)24-13-15-8-11-25(12-9-15)14-19(26)16-4-6-17(22)7-5-16;3-2(4,5)1(6)7/h2-7,10,15H,8-9,11-14H2,1H3,(H,24,27);(H,6,7). The molecule has 0 unspecified atom stereocenters. The number of rotatable bonds is 7. The fraction of sp³-hybridized carbons (Fsp3) is 0.391. The van der Waals surface area contributed by atoms with E-state index in [4.69, 9.17) is 14.6 Å². The molecule has 1 aliphatic heterocycles. The van der Waals surface area contributed by atoms with Gasteiger partial charge in [0.1, 0.15) is 11.4 Å². The maximum absolute atomic E-state index is 13.0. The molecular weight excluding hydrogens is 474 g/mol. The highest BCUT2D eigenvalue weighted by Gasteiger charge is 2.38. The Morgan fingerprint density at radius 2 is 1.74 bits per heavy atom. The van der Waals surface area contributed by atoms with Crippen LogP contribution < -0.4 is 10.1 Å². The summed E-state index contributed by atoms with van der Waals surface area (Å²) in [5.74, 6) is -2.62. The summed E-state index contributed by atoms with van der Waals surface area (Å²) in [4.78, 5) is 39.7. The van der Waals surface area contributed by atoms with Gasteiger partial charge < -0.3 is 15.2 Å². The zero-order valence-corrected chi connectivity index (χ0v) is 18.8. The molecule has 0 spiro atoms. The van der Waals surface area contributed by atoms with Gasteiger partial charge in [0.2, 0.25) is 5.88 Å². The number of carboxylic acid groups (broad SMARTS) is 1. The maximum Gasteiger partial charge on any atom is 0.490 e. The van der Waals surface area contributed by atoms with Crippen LogP contribution in [0.15, 0.2) is 42.6 Å². The predicted molar refractivity (Wildman–Crippen MR) is 117 cm³/mol. The summed E-state index contributed by atoms with van der Waals surface area (Å²) in [6.07, 6.45) is -1.69. The number of carbonyl (C=O) groups is 3. The zero-order chi connectivity index (χ0) is 26.0. The molecule has 0 radical (unpaired) electrons. The summed E-state index contributed by atoms with van der Waals surface area (Å²) in [7, 11) is 1.49. The molecule has 1 aromatic carbocycles. The Bertz CT molecular complexity index is 1010. The average molecular weight is 499 g/mol. The van der Waals surface area contributed by atoms with Gasteiger partial charge in [0.05, 0.1) is 13.7 Å². The number of carboxylic acids is 1. The molecule has 2 aromatic rings. The van der Waals surface area contributed by atoms with E-state index in [1.54, 1.807) is 18.3 Å². The normalized spacial score (nSPS) is 14.4. The number of carbonyl (C=O) groups excluding carboxylic acids is 2. The molecule has 1 amide bonds. The summed E-state index contributed by atoms with van der Waals surface area (Å²) >= 11 is 0. The summed E-state index contributed by atoms with van der Waals surface area (Å²) in [6.45, 7) is 2.50. The lowest BCUT2D eigenvalue weighted by Crippen LogP contribution is -2.40. The van der Waals surface area contributed by atoms with E-state index in [0.717, 1.165) is 25.9 Å². The van der Waals surface area contributed by atoms with Gasteiger partial charge in [-0.3, -0.25) is 14.5 Å². The minimum absolute atomic E-state index is 0.00424. The Labute approximate surface area is 198 Å². The molecule has 0 atom stereocenters. The van der Waals surface area contributed by atoms with Crippen molar-refractivity contribution >= 4 is 17.7 Å². The number of halogens is 4. The number of benzene rings is 1. The maximum atomic E-state index is 13.0. The Morgan fingerprint density at radius 3 is 2.29 bits per heavy atom. The number of pyridine rings is 1. The number of Topliss-reactive ketones (excluding diaryl/α,β-unsaturated/α-hetero) is 1. The molecule has 8 nitrogen and oxygen atoms in total. The summed E-state index contributed by atoms with van der Waals surface area (Å²) in [6, 6.07) is 9.04. The first-order valence-corrected chi connectivity index (χ1v) is 10.6. The number of aliphatic carboxylic acids is 1. The first kappa shape index (κ1) is 27.7. The molecule has 35 heavy (non-hydrogen) atoms. The third-order valence-corrected chi connectivity index (χ3v) is 5.24. The molecule has 0 bridgehead atoms. The van der Waals surface area contributed by atoms with Crippen LogP contribution in [0.25, 0.3) is 0 Å². The van der Waals surface area contributed by atoms with Crippen molar-refractivity contribution in [2.24, 2.45) is 5.92 Å². The highest BCUT2D eigenvalue weighted by molar-refractivity contribution is 5.97.